The Bertz CT molecular complexity index is 733. The fraction of sp³-hybridized carbons (Fsp3) is 0.333. The molecule has 0 unspecified atom stereocenters. The number of anilines is 2. The number of amides is 1. The molecule has 6 heteroatoms. The van der Waals surface area contributed by atoms with E-state index in [1.54, 1.807) is 30.5 Å². The number of ether oxygens (including phenoxy) is 2. The number of nitrogens with zero attached hydrogens (tertiary/aromatic N) is 2. The standard InChI is InChI=1S/C18H21N3O3/c1-3-4-9-21(2)14-7-8-19-15(11-14)18(22)20-13-5-6-16-17(10-13)24-12-23-16/h5-8,10-11H,3-4,9,12H2,1-2H3,(H,20,22). The van der Waals surface area contributed by atoms with Gasteiger partial charge in [0, 0.05) is 37.2 Å². The highest BCUT2D eigenvalue weighted by molar-refractivity contribution is 6.03. The topological polar surface area (TPSA) is 63.7 Å². The molecule has 1 aromatic heterocycles. The molecule has 24 heavy (non-hydrogen) atoms. The third-order valence-electron chi connectivity index (χ3n) is 3.89. The summed E-state index contributed by atoms with van der Waals surface area (Å²) in [7, 11) is 2.02. The number of carbonyl (C=O) groups is 1. The van der Waals surface area contributed by atoms with E-state index in [0.717, 1.165) is 25.1 Å². The summed E-state index contributed by atoms with van der Waals surface area (Å²) in [6, 6.07) is 9.02. The molecular weight excluding hydrogens is 306 g/mol. The average molecular weight is 327 g/mol. The molecule has 6 nitrogen and oxygen atoms in total. The largest absolute Gasteiger partial charge is 0.454 e. The number of rotatable bonds is 6. The van der Waals surface area contributed by atoms with E-state index >= 15 is 0 Å². The molecule has 0 aliphatic carbocycles. The summed E-state index contributed by atoms with van der Waals surface area (Å²) in [5.74, 6) is 1.07. The van der Waals surface area contributed by atoms with Crippen molar-refractivity contribution in [1.82, 2.24) is 4.98 Å². The Kier molecular flexibility index (Phi) is 4.84. The van der Waals surface area contributed by atoms with E-state index in [1.165, 1.54) is 0 Å². The predicted molar refractivity (Wildman–Crippen MR) is 92.9 cm³/mol. The quantitative estimate of drug-likeness (QED) is 0.882. The van der Waals surface area contributed by atoms with Gasteiger partial charge in [0.25, 0.3) is 5.91 Å². The monoisotopic (exact) mass is 327 g/mol. The Labute approximate surface area is 141 Å². The Balaban J connectivity index is 1.71. The number of hydrogen-bond acceptors (Lipinski definition) is 5. The zero-order valence-electron chi connectivity index (χ0n) is 13.9. The van der Waals surface area contributed by atoms with Gasteiger partial charge in [0.2, 0.25) is 6.79 Å². The molecule has 0 bridgehead atoms. The molecule has 1 aliphatic heterocycles. The van der Waals surface area contributed by atoms with Crippen molar-refractivity contribution in [2.45, 2.75) is 19.8 Å². The van der Waals surface area contributed by atoms with Crippen LogP contribution in [0.1, 0.15) is 30.3 Å². The molecule has 1 N–H and O–H groups in total. The molecule has 1 amide bonds. The maximum Gasteiger partial charge on any atom is 0.274 e. The van der Waals surface area contributed by atoms with Crippen molar-refractivity contribution in [2.75, 3.05) is 30.6 Å². The van der Waals surface area contributed by atoms with Gasteiger partial charge in [0.05, 0.1) is 0 Å². The number of pyridine rings is 1. The van der Waals surface area contributed by atoms with E-state index in [2.05, 4.69) is 22.1 Å². The second-order valence-electron chi connectivity index (χ2n) is 5.70. The Morgan fingerprint density at radius 2 is 2.08 bits per heavy atom. The van der Waals surface area contributed by atoms with Crippen molar-refractivity contribution >= 4 is 17.3 Å². The van der Waals surface area contributed by atoms with Gasteiger partial charge < -0.3 is 19.7 Å². The van der Waals surface area contributed by atoms with Crippen molar-refractivity contribution in [3.05, 3.63) is 42.2 Å². The second-order valence-corrected chi connectivity index (χ2v) is 5.70. The first kappa shape index (κ1) is 16.1. The number of benzene rings is 1. The lowest BCUT2D eigenvalue weighted by Crippen LogP contribution is -2.20. The maximum absolute atomic E-state index is 12.4. The molecule has 1 aliphatic rings. The molecule has 0 spiro atoms. The lowest BCUT2D eigenvalue weighted by Gasteiger charge is -2.19. The Hall–Kier alpha value is -2.76. The van der Waals surface area contributed by atoms with Crippen LogP contribution in [0.5, 0.6) is 11.5 Å². The molecule has 0 radical (unpaired) electrons. The van der Waals surface area contributed by atoms with Crippen molar-refractivity contribution in [2.24, 2.45) is 0 Å². The number of aromatic nitrogens is 1. The third-order valence-corrected chi connectivity index (χ3v) is 3.89. The van der Waals surface area contributed by atoms with E-state index in [1.807, 2.05) is 13.1 Å². The highest BCUT2D eigenvalue weighted by Crippen LogP contribution is 2.34. The molecule has 3 rings (SSSR count). The fourth-order valence-electron chi connectivity index (χ4n) is 2.47. The minimum atomic E-state index is -0.250. The highest BCUT2D eigenvalue weighted by Gasteiger charge is 2.15. The molecule has 0 atom stereocenters. The highest BCUT2D eigenvalue weighted by atomic mass is 16.7. The van der Waals surface area contributed by atoms with E-state index in [-0.39, 0.29) is 12.7 Å². The van der Waals surface area contributed by atoms with Gasteiger partial charge in [-0.15, -0.1) is 0 Å². The Morgan fingerprint density at radius 3 is 2.92 bits per heavy atom. The third kappa shape index (κ3) is 3.59. The van der Waals surface area contributed by atoms with Crippen LogP contribution in [0, 0.1) is 0 Å². The van der Waals surface area contributed by atoms with E-state index in [9.17, 15) is 4.79 Å². The fourth-order valence-corrected chi connectivity index (χ4v) is 2.47. The minimum Gasteiger partial charge on any atom is -0.454 e. The van der Waals surface area contributed by atoms with Gasteiger partial charge >= 0.3 is 0 Å². The number of nitrogens with one attached hydrogen (secondary N) is 1. The van der Waals surface area contributed by atoms with Gasteiger partial charge in [-0.05, 0) is 30.7 Å². The molecule has 0 fully saturated rings. The lowest BCUT2D eigenvalue weighted by atomic mass is 10.2. The van der Waals surface area contributed by atoms with Crippen LogP contribution in [0.4, 0.5) is 11.4 Å². The van der Waals surface area contributed by atoms with Gasteiger partial charge in [-0.2, -0.15) is 0 Å². The number of hydrogen-bond donors (Lipinski definition) is 1. The van der Waals surface area contributed by atoms with Crippen molar-refractivity contribution in [1.29, 1.82) is 0 Å². The summed E-state index contributed by atoms with van der Waals surface area (Å²) in [5, 5.41) is 2.84. The van der Waals surface area contributed by atoms with Crippen LogP contribution >= 0.6 is 0 Å². The Morgan fingerprint density at radius 1 is 1.25 bits per heavy atom. The first-order valence-electron chi connectivity index (χ1n) is 8.05. The summed E-state index contributed by atoms with van der Waals surface area (Å²) in [6.07, 6.45) is 3.90. The minimum absolute atomic E-state index is 0.209. The summed E-state index contributed by atoms with van der Waals surface area (Å²) in [5.41, 5.74) is 2.01. The molecule has 2 heterocycles. The van der Waals surface area contributed by atoms with Gasteiger partial charge in [0.1, 0.15) is 5.69 Å². The smallest absolute Gasteiger partial charge is 0.274 e. The van der Waals surface area contributed by atoms with Crippen molar-refractivity contribution in [3.63, 3.8) is 0 Å². The van der Waals surface area contributed by atoms with Crippen LogP contribution in [0.2, 0.25) is 0 Å². The van der Waals surface area contributed by atoms with Crippen LogP contribution in [0.3, 0.4) is 0 Å². The van der Waals surface area contributed by atoms with Gasteiger partial charge in [-0.3, -0.25) is 9.78 Å². The zero-order valence-corrected chi connectivity index (χ0v) is 13.9. The first-order valence-corrected chi connectivity index (χ1v) is 8.05. The normalized spacial score (nSPS) is 12.1. The summed E-state index contributed by atoms with van der Waals surface area (Å²) in [6.45, 7) is 3.31. The molecule has 1 aromatic carbocycles. The lowest BCUT2D eigenvalue weighted by molar-refractivity contribution is 0.102. The van der Waals surface area contributed by atoms with E-state index in [4.69, 9.17) is 9.47 Å². The molecule has 0 saturated carbocycles. The summed E-state index contributed by atoms with van der Waals surface area (Å²) >= 11 is 0. The first-order chi connectivity index (χ1) is 11.7. The molecular formula is C18H21N3O3. The van der Waals surface area contributed by atoms with Crippen LogP contribution in [0.25, 0.3) is 0 Å². The van der Waals surface area contributed by atoms with E-state index in [0.29, 0.717) is 22.9 Å². The predicted octanol–water partition coefficient (Wildman–Crippen LogP) is 3.30. The van der Waals surface area contributed by atoms with Crippen molar-refractivity contribution < 1.29 is 14.3 Å². The van der Waals surface area contributed by atoms with Crippen LogP contribution < -0.4 is 19.7 Å². The molecule has 0 saturated heterocycles. The molecule has 126 valence electrons. The van der Waals surface area contributed by atoms with Gasteiger partial charge in [-0.1, -0.05) is 13.3 Å². The number of fused-ring (bicyclic) bond motifs is 1. The summed E-state index contributed by atoms with van der Waals surface area (Å²) in [4.78, 5) is 18.7. The maximum atomic E-state index is 12.4. The van der Waals surface area contributed by atoms with Crippen molar-refractivity contribution in [3.8, 4) is 11.5 Å². The summed E-state index contributed by atoms with van der Waals surface area (Å²) < 4.78 is 10.6. The second kappa shape index (κ2) is 7.21. The van der Waals surface area contributed by atoms with Gasteiger partial charge in [-0.25, -0.2) is 0 Å². The SMILES string of the molecule is CCCCN(C)c1ccnc(C(=O)Nc2ccc3c(c2)OCO3)c1. The number of unbranched alkanes of at least 4 members (excludes halogenated alkanes) is 1. The van der Waals surface area contributed by atoms with Crippen LogP contribution in [0.15, 0.2) is 36.5 Å². The van der Waals surface area contributed by atoms with Crippen LogP contribution in [-0.2, 0) is 0 Å². The zero-order chi connectivity index (χ0) is 16.9. The molecule has 2 aromatic rings. The average Bonchev–Trinajstić information content (AvgIpc) is 3.07. The number of carbonyl (C=O) groups excluding carboxylic acids is 1. The van der Waals surface area contributed by atoms with E-state index < -0.39 is 0 Å². The van der Waals surface area contributed by atoms with Crippen LogP contribution in [-0.4, -0.2) is 31.3 Å². The van der Waals surface area contributed by atoms with Gasteiger partial charge in [0.15, 0.2) is 11.5 Å².